The van der Waals surface area contributed by atoms with Crippen LogP contribution < -0.4 is 5.73 Å². The van der Waals surface area contributed by atoms with E-state index in [4.69, 9.17) is 15.2 Å². The first-order valence-corrected chi connectivity index (χ1v) is 5.47. The lowest BCUT2D eigenvalue weighted by Gasteiger charge is -2.07. The van der Waals surface area contributed by atoms with Crippen LogP contribution in [0.3, 0.4) is 0 Å². The molecule has 18 heavy (non-hydrogen) atoms. The third-order valence-electron chi connectivity index (χ3n) is 2.29. The monoisotopic (exact) mass is 259 g/mol. The molecule has 4 nitrogen and oxygen atoms in total. The zero-order valence-electron chi connectivity index (χ0n) is 10.0. The van der Waals surface area contributed by atoms with Gasteiger partial charge in [-0.25, -0.2) is 13.6 Å². The number of anilines is 1. The Bertz CT molecular complexity index is 424. The molecule has 1 aromatic carbocycles. The normalized spacial score (nSPS) is 10.4. The van der Waals surface area contributed by atoms with Crippen LogP contribution >= 0.6 is 0 Å². The van der Waals surface area contributed by atoms with Gasteiger partial charge < -0.3 is 15.2 Å². The van der Waals surface area contributed by atoms with Crippen molar-refractivity contribution in [1.82, 2.24) is 0 Å². The van der Waals surface area contributed by atoms with Gasteiger partial charge in [-0.2, -0.15) is 0 Å². The summed E-state index contributed by atoms with van der Waals surface area (Å²) in [5.41, 5.74) is 5.11. The summed E-state index contributed by atoms with van der Waals surface area (Å²) in [6.07, 6.45) is 1.38. The standard InChI is InChI=1S/C12H15F2NO3/c1-17-4-2-3-5-18-12(16)8-6-9(13)10(14)7-11(8)15/h6-7H,2-5,15H2,1H3. The Kier molecular flexibility index (Phi) is 5.51. The molecule has 0 saturated heterocycles. The van der Waals surface area contributed by atoms with Gasteiger partial charge in [-0.15, -0.1) is 0 Å². The van der Waals surface area contributed by atoms with Crippen LogP contribution in [0.4, 0.5) is 14.5 Å². The molecule has 0 fully saturated rings. The van der Waals surface area contributed by atoms with Gasteiger partial charge in [-0.1, -0.05) is 0 Å². The number of hydrogen-bond acceptors (Lipinski definition) is 4. The van der Waals surface area contributed by atoms with Crippen LogP contribution in [-0.4, -0.2) is 26.3 Å². The van der Waals surface area contributed by atoms with E-state index in [1.54, 1.807) is 7.11 Å². The molecule has 0 saturated carbocycles. The van der Waals surface area contributed by atoms with Crippen LogP contribution in [0.2, 0.25) is 0 Å². The van der Waals surface area contributed by atoms with E-state index in [-0.39, 0.29) is 17.9 Å². The second-order valence-corrected chi connectivity index (χ2v) is 3.69. The number of ether oxygens (including phenoxy) is 2. The van der Waals surface area contributed by atoms with Gasteiger partial charge >= 0.3 is 5.97 Å². The third-order valence-corrected chi connectivity index (χ3v) is 2.29. The molecule has 0 aliphatic rings. The van der Waals surface area contributed by atoms with Gasteiger partial charge in [0, 0.05) is 25.5 Å². The van der Waals surface area contributed by atoms with Crippen LogP contribution in [0, 0.1) is 11.6 Å². The van der Waals surface area contributed by atoms with Crippen molar-refractivity contribution in [3.8, 4) is 0 Å². The maximum atomic E-state index is 13.0. The number of carbonyl (C=O) groups excluding carboxylic acids is 1. The summed E-state index contributed by atoms with van der Waals surface area (Å²) in [5.74, 6) is -2.98. The molecule has 2 N–H and O–H groups in total. The molecule has 6 heteroatoms. The van der Waals surface area contributed by atoms with E-state index in [0.29, 0.717) is 13.0 Å². The van der Waals surface area contributed by atoms with Crippen molar-refractivity contribution in [1.29, 1.82) is 0 Å². The fourth-order valence-corrected chi connectivity index (χ4v) is 1.33. The van der Waals surface area contributed by atoms with Crippen molar-refractivity contribution in [2.45, 2.75) is 12.8 Å². The van der Waals surface area contributed by atoms with Crippen molar-refractivity contribution in [2.24, 2.45) is 0 Å². The van der Waals surface area contributed by atoms with Crippen molar-refractivity contribution in [3.63, 3.8) is 0 Å². The Hall–Kier alpha value is -1.69. The molecule has 0 atom stereocenters. The number of benzene rings is 1. The average Bonchev–Trinajstić information content (AvgIpc) is 2.33. The molecule has 1 rings (SSSR count). The Morgan fingerprint density at radius 3 is 2.50 bits per heavy atom. The quantitative estimate of drug-likeness (QED) is 0.483. The largest absolute Gasteiger partial charge is 0.462 e. The summed E-state index contributed by atoms with van der Waals surface area (Å²) in [5, 5.41) is 0. The van der Waals surface area contributed by atoms with Crippen molar-refractivity contribution >= 4 is 11.7 Å². The maximum Gasteiger partial charge on any atom is 0.340 e. The number of hydrogen-bond donors (Lipinski definition) is 1. The summed E-state index contributed by atoms with van der Waals surface area (Å²) >= 11 is 0. The lowest BCUT2D eigenvalue weighted by atomic mass is 10.1. The molecule has 0 aromatic heterocycles. The second kappa shape index (κ2) is 6.90. The topological polar surface area (TPSA) is 61.5 Å². The Morgan fingerprint density at radius 2 is 1.83 bits per heavy atom. The Labute approximate surface area is 104 Å². The lowest BCUT2D eigenvalue weighted by molar-refractivity contribution is 0.0490. The number of esters is 1. The molecule has 0 aliphatic carbocycles. The maximum absolute atomic E-state index is 13.0. The highest BCUT2D eigenvalue weighted by Gasteiger charge is 2.15. The fraction of sp³-hybridized carbons (Fsp3) is 0.417. The van der Waals surface area contributed by atoms with Gasteiger partial charge in [-0.3, -0.25) is 0 Å². The number of unbranched alkanes of at least 4 members (excludes halogenated alkanes) is 1. The van der Waals surface area contributed by atoms with E-state index in [1.165, 1.54) is 0 Å². The highest BCUT2D eigenvalue weighted by atomic mass is 19.2. The van der Waals surface area contributed by atoms with Crippen LogP contribution in [0.15, 0.2) is 12.1 Å². The number of nitrogen functional groups attached to an aromatic ring is 1. The van der Waals surface area contributed by atoms with Crippen molar-refractivity contribution < 1.29 is 23.0 Å². The highest BCUT2D eigenvalue weighted by Crippen LogP contribution is 2.18. The van der Waals surface area contributed by atoms with Crippen molar-refractivity contribution in [2.75, 3.05) is 26.1 Å². The number of halogens is 2. The molecule has 0 bridgehead atoms. The van der Waals surface area contributed by atoms with E-state index in [0.717, 1.165) is 18.6 Å². The molecule has 0 radical (unpaired) electrons. The minimum Gasteiger partial charge on any atom is -0.462 e. The van der Waals surface area contributed by atoms with Gasteiger partial charge in [0.2, 0.25) is 0 Å². The zero-order chi connectivity index (χ0) is 13.5. The average molecular weight is 259 g/mol. The fourth-order valence-electron chi connectivity index (χ4n) is 1.33. The summed E-state index contributed by atoms with van der Waals surface area (Å²) < 4.78 is 35.5. The molecule has 0 unspecified atom stereocenters. The predicted molar refractivity (Wildman–Crippen MR) is 62.2 cm³/mol. The molecule has 0 spiro atoms. The van der Waals surface area contributed by atoms with Gasteiger partial charge in [0.05, 0.1) is 12.2 Å². The molecule has 1 aromatic rings. The molecule has 0 aliphatic heterocycles. The minimum atomic E-state index is -1.13. The minimum absolute atomic E-state index is 0.143. The second-order valence-electron chi connectivity index (χ2n) is 3.69. The van der Waals surface area contributed by atoms with Crippen LogP contribution in [0.5, 0.6) is 0 Å². The smallest absolute Gasteiger partial charge is 0.340 e. The van der Waals surface area contributed by atoms with Gasteiger partial charge in [0.15, 0.2) is 11.6 Å². The van der Waals surface area contributed by atoms with E-state index < -0.39 is 17.6 Å². The molecule has 0 amide bonds. The van der Waals surface area contributed by atoms with Crippen LogP contribution in [0.25, 0.3) is 0 Å². The summed E-state index contributed by atoms with van der Waals surface area (Å²) in [6.45, 7) is 0.755. The third kappa shape index (κ3) is 3.96. The molecular formula is C12H15F2NO3. The van der Waals surface area contributed by atoms with E-state index >= 15 is 0 Å². The van der Waals surface area contributed by atoms with Gasteiger partial charge in [0.1, 0.15) is 0 Å². The lowest BCUT2D eigenvalue weighted by Crippen LogP contribution is -2.10. The SMILES string of the molecule is COCCCCOC(=O)c1cc(F)c(F)cc1N. The van der Waals surface area contributed by atoms with E-state index in [9.17, 15) is 13.6 Å². The number of methoxy groups -OCH3 is 1. The summed E-state index contributed by atoms with van der Waals surface area (Å²) in [7, 11) is 1.58. The number of rotatable bonds is 6. The van der Waals surface area contributed by atoms with E-state index in [1.807, 2.05) is 0 Å². The Balaban J connectivity index is 2.54. The predicted octanol–water partition coefficient (Wildman–Crippen LogP) is 2.13. The first kappa shape index (κ1) is 14.4. The molecule has 0 heterocycles. The first-order valence-electron chi connectivity index (χ1n) is 5.47. The number of carbonyl (C=O) groups is 1. The number of nitrogens with two attached hydrogens (primary N) is 1. The van der Waals surface area contributed by atoms with Gasteiger partial charge in [-0.05, 0) is 18.9 Å². The van der Waals surface area contributed by atoms with Crippen LogP contribution in [0.1, 0.15) is 23.2 Å². The zero-order valence-corrected chi connectivity index (χ0v) is 10.0. The van der Waals surface area contributed by atoms with E-state index in [2.05, 4.69) is 0 Å². The summed E-state index contributed by atoms with van der Waals surface area (Å²) in [6, 6.07) is 1.50. The van der Waals surface area contributed by atoms with Crippen LogP contribution in [-0.2, 0) is 9.47 Å². The molecule has 100 valence electrons. The van der Waals surface area contributed by atoms with Crippen molar-refractivity contribution in [3.05, 3.63) is 29.3 Å². The highest BCUT2D eigenvalue weighted by molar-refractivity contribution is 5.95. The Morgan fingerprint density at radius 1 is 1.22 bits per heavy atom. The first-order chi connectivity index (χ1) is 8.56. The van der Waals surface area contributed by atoms with Gasteiger partial charge in [0.25, 0.3) is 0 Å². The molecular weight excluding hydrogens is 244 g/mol. The summed E-state index contributed by atoms with van der Waals surface area (Å²) in [4.78, 5) is 11.5.